The summed E-state index contributed by atoms with van der Waals surface area (Å²) in [6, 6.07) is 28.4. The van der Waals surface area contributed by atoms with Gasteiger partial charge in [-0.25, -0.2) is 4.99 Å². The molecule has 1 aliphatic rings. The van der Waals surface area contributed by atoms with Gasteiger partial charge in [0.2, 0.25) is 0 Å². The smallest absolute Gasteiger partial charge is 0.268 e. The summed E-state index contributed by atoms with van der Waals surface area (Å²) in [4.78, 5) is 20.0. The molecule has 28 heavy (non-hydrogen) atoms. The van der Waals surface area contributed by atoms with E-state index in [1.807, 2.05) is 72.8 Å². The van der Waals surface area contributed by atoms with Crippen molar-refractivity contribution >= 4 is 40.3 Å². The van der Waals surface area contributed by atoms with Gasteiger partial charge in [0.15, 0.2) is 5.17 Å². The van der Waals surface area contributed by atoms with Crippen molar-refractivity contribution < 1.29 is 4.79 Å². The van der Waals surface area contributed by atoms with Crippen LogP contribution in [0.4, 0.5) is 11.4 Å². The Morgan fingerprint density at radius 1 is 0.929 bits per heavy atom. The number of anilines is 1. The van der Waals surface area contributed by atoms with Crippen molar-refractivity contribution in [3.63, 3.8) is 0 Å². The summed E-state index contributed by atoms with van der Waals surface area (Å²) in [5.41, 5.74) is 2.92. The van der Waals surface area contributed by atoms with Crippen LogP contribution in [0.25, 0.3) is 6.08 Å². The maximum Gasteiger partial charge on any atom is 0.271 e. The maximum atomic E-state index is 13.2. The molecule has 0 radical (unpaired) electrons. The van der Waals surface area contributed by atoms with E-state index in [4.69, 9.17) is 5.26 Å². The van der Waals surface area contributed by atoms with Crippen LogP contribution in [0, 0.1) is 11.3 Å². The molecule has 0 spiro atoms. The monoisotopic (exact) mass is 381 g/mol. The van der Waals surface area contributed by atoms with Crippen LogP contribution < -0.4 is 4.90 Å². The summed E-state index contributed by atoms with van der Waals surface area (Å²) < 4.78 is 0. The molecule has 3 aromatic carbocycles. The number of amides is 1. The van der Waals surface area contributed by atoms with Crippen LogP contribution in [0.2, 0.25) is 0 Å². The van der Waals surface area contributed by atoms with E-state index in [1.165, 1.54) is 11.8 Å². The molecule has 1 aliphatic heterocycles. The van der Waals surface area contributed by atoms with E-state index in [0.29, 0.717) is 15.6 Å². The van der Waals surface area contributed by atoms with E-state index < -0.39 is 0 Å². The van der Waals surface area contributed by atoms with Crippen LogP contribution in [-0.4, -0.2) is 11.1 Å². The minimum atomic E-state index is -0.131. The zero-order valence-electron chi connectivity index (χ0n) is 14.8. The number of benzene rings is 3. The summed E-state index contributed by atoms with van der Waals surface area (Å²) in [6.07, 6.45) is 1.80. The fraction of sp³-hybridized carbons (Fsp3) is 0. The number of para-hydroxylation sites is 2. The quantitative estimate of drug-likeness (QED) is 0.573. The number of nitriles is 1. The van der Waals surface area contributed by atoms with E-state index in [9.17, 15) is 4.79 Å². The molecule has 1 heterocycles. The molecule has 1 fully saturated rings. The Labute approximate surface area is 167 Å². The standard InChI is InChI=1S/C23H15N3OS/c24-16-18-9-7-8-17(14-18)15-21-22(27)26(20-12-5-2-6-13-20)23(28-21)25-19-10-3-1-4-11-19/h1-15H. The third-order valence-corrected chi connectivity index (χ3v) is 5.08. The molecule has 5 heteroatoms. The second-order valence-corrected chi connectivity index (χ2v) is 7.06. The van der Waals surface area contributed by atoms with E-state index in [0.717, 1.165) is 16.9 Å². The van der Waals surface area contributed by atoms with E-state index >= 15 is 0 Å². The molecular weight excluding hydrogens is 366 g/mol. The van der Waals surface area contributed by atoms with E-state index in [1.54, 1.807) is 23.1 Å². The Morgan fingerprint density at radius 2 is 1.64 bits per heavy atom. The van der Waals surface area contributed by atoms with Gasteiger partial charge < -0.3 is 0 Å². The van der Waals surface area contributed by atoms with Crippen molar-refractivity contribution in [2.24, 2.45) is 4.99 Å². The van der Waals surface area contributed by atoms with Gasteiger partial charge in [0.05, 0.1) is 27.9 Å². The van der Waals surface area contributed by atoms with Crippen molar-refractivity contribution in [3.05, 3.63) is 101 Å². The number of hydrogen-bond acceptors (Lipinski definition) is 4. The number of thioether (sulfide) groups is 1. The highest BCUT2D eigenvalue weighted by atomic mass is 32.2. The summed E-state index contributed by atoms with van der Waals surface area (Å²) in [5, 5.41) is 9.70. The predicted octanol–water partition coefficient (Wildman–Crippen LogP) is 5.37. The summed E-state index contributed by atoms with van der Waals surface area (Å²) >= 11 is 1.33. The number of carbonyl (C=O) groups is 1. The van der Waals surface area contributed by atoms with Crippen molar-refractivity contribution in [1.82, 2.24) is 0 Å². The number of rotatable bonds is 3. The summed E-state index contributed by atoms with van der Waals surface area (Å²) in [7, 11) is 0. The van der Waals surface area contributed by atoms with Gasteiger partial charge in [-0.15, -0.1) is 0 Å². The van der Waals surface area contributed by atoms with Crippen LogP contribution >= 0.6 is 11.8 Å². The highest BCUT2D eigenvalue weighted by molar-refractivity contribution is 8.19. The van der Waals surface area contributed by atoms with E-state index in [2.05, 4.69) is 11.1 Å². The second kappa shape index (κ2) is 7.95. The van der Waals surface area contributed by atoms with Crippen molar-refractivity contribution in [1.29, 1.82) is 5.26 Å². The molecule has 0 aliphatic carbocycles. The zero-order chi connectivity index (χ0) is 19.3. The predicted molar refractivity (Wildman–Crippen MR) is 114 cm³/mol. The average molecular weight is 381 g/mol. The van der Waals surface area contributed by atoms with Gasteiger partial charge in [0, 0.05) is 0 Å². The van der Waals surface area contributed by atoms with E-state index in [-0.39, 0.29) is 5.91 Å². The molecule has 0 unspecified atom stereocenters. The Morgan fingerprint density at radius 3 is 2.36 bits per heavy atom. The molecule has 0 saturated carbocycles. The van der Waals surface area contributed by atoms with Gasteiger partial charge in [-0.3, -0.25) is 9.69 Å². The first kappa shape index (κ1) is 17.8. The van der Waals surface area contributed by atoms with Gasteiger partial charge in [-0.1, -0.05) is 48.5 Å². The fourth-order valence-corrected chi connectivity index (χ4v) is 3.82. The van der Waals surface area contributed by atoms with Crippen LogP contribution in [0.15, 0.2) is 94.8 Å². The topological polar surface area (TPSA) is 56.5 Å². The normalized spacial score (nSPS) is 16.5. The Bertz CT molecular complexity index is 1120. The van der Waals surface area contributed by atoms with Crippen LogP contribution in [-0.2, 0) is 4.79 Å². The molecular formula is C23H15N3OS. The molecule has 4 rings (SSSR count). The molecule has 1 amide bonds. The van der Waals surface area contributed by atoms with Crippen molar-refractivity contribution in [2.75, 3.05) is 4.90 Å². The Balaban J connectivity index is 1.77. The number of nitrogens with zero attached hydrogens (tertiary/aromatic N) is 3. The molecule has 0 atom stereocenters. The van der Waals surface area contributed by atoms with Gasteiger partial charge in [-0.05, 0) is 59.8 Å². The molecule has 134 valence electrons. The fourth-order valence-electron chi connectivity index (χ4n) is 2.82. The third-order valence-electron chi connectivity index (χ3n) is 4.12. The first-order valence-corrected chi connectivity index (χ1v) is 9.49. The summed E-state index contributed by atoms with van der Waals surface area (Å²) in [6.45, 7) is 0. The maximum absolute atomic E-state index is 13.2. The highest BCUT2D eigenvalue weighted by Gasteiger charge is 2.34. The van der Waals surface area contributed by atoms with Crippen molar-refractivity contribution in [3.8, 4) is 6.07 Å². The third kappa shape index (κ3) is 3.73. The highest BCUT2D eigenvalue weighted by Crippen LogP contribution is 2.37. The van der Waals surface area contributed by atoms with Crippen LogP contribution in [0.3, 0.4) is 0 Å². The van der Waals surface area contributed by atoms with Gasteiger partial charge in [0.25, 0.3) is 5.91 Å². The SMILES string of the molecule is N#Cc1cccc(C=C2SC(=Nc3ccccc3)N(c3ccccc3)C2=O)c1. The number of carbonyl (C=O) groups excluding carboxylic acids is 1. The van der Waals surface area contributed by atoms with Crippen LogP contribution in [0.1, 0.15) is 11.1 Å². The lowest BCUT2D eigenvalue weighted by atomic mass is 10.1. The lowest BCUT2D eigenvalue weighted by molar-refractivity contribution is -0.113. The first-order valence-electron chi connectivity index (χ1n) is 8.67. The number of aliphatic imine (C=N–C) groups is 1. The lowest BCUT2D eigenvalue weighted by Gasteiger charge is -2.15. The molecule has 4 nitrogen and oxygen atoms in total. The molecule has 0 aromatic heterocycles. The summed E-state index contributed by atoms with van der Waals surface area (Å²) in [5.74, 6) is -0.131. The van der Waals surface area contributed by atoms with Crippen molar-refractivity contribution in [2.45, 2.75) is 0 Å². The molecule has 0 N–H and O–H groups in total. The first-order chi connectivity index (χ1) is 13.7. The Hall–Kier alpha value is -3.62. The van der Waals surface area contributed by atoms with Gasteiger partial charge in [0.1, 0.15) is 0 Å². The molecule has 3 aromatic rings. The minimum Gasteiger partial charge on any atom is -0.268 e. The van der Waals surface area contributed by atoms with Crippen LogP contribution in [0.5, 0.6) is 0 Å². The largest absolute Gasteiger partial charge is 0.271 e. The average Bonchev–Trinajstić information content (AvgIpc) is 3.04. The number of hydrogen-bond donors (Lipinski definition) is 0. The minimum absolute atomic E-state index is 0.131. The zero-order valence-corrected chi connectivity index (χ0v) is 15.6. The molecule has 0 bridgehead atoms. The lowest BCUT2D eigenvalue weighted by Crippen LogP contribution is -2.28. The number of amidine groups is 1. The molecule has 1 saturated heterocycles. The Kier molecular flexibility index (Phi) is 5.05. The van der Waals surface area contributed by atoms with Gasteiger partial charge >= 0.3 is 0 Å². The van der Waals surface area contributed by atoms with Gasteiger partial charge in [-0.2, -0.15) is 5.26 Å². The second-order valence-electron chi connectivity index (χ2n) is 6.05.